The molecule has 0 atom stereocenters. The van der Waals surface area contributed by atoms with E-state index in [-0.39, 0.29) is 5.54 Å². The smallest absolute Gasteiger partial charge is 0.246 e. The Morgan fingerprint density at radius 3 is 2.27 bits per heavy atom. The molecule has 4 nitrogen and oxygen atoms in total. The highest BCUT2D eigenvalue weighted by atomic mass is 16.3. The number of aromatic nitrogens is 2. The average molecular weight is 341 g/mol. The van der Waals surface area contributed by atoms with Crippen molar-refractivity contribution in [3.63, 3.8) is 0 Å². The summed E-state index contributed by atoms with van der Waals surface area (Å²) in [5.74, 6) is 0.795. The number of nitrogens with two attached hydrogens (primary N) is 1. The van der Waals surface area contributed by atoms with E-state index < -0.39 is 0 Å². The Bertz CT molecular complexity index is 1060. The summed E-state index contributed by atoms with van der Waals surface area (Å²) in [5, 5.41) is 0. The fourth-order valence-electron chi connectivity index (χ4n) is 3.70. The van der Waals surface area contributed by atoms with Gasteiger partial charge in [-0.1, -0.05) is 54.6 Å². The fraction of sp³-hybridized carbons (Fsp3) is 0.182. The lowest BCUT2D eigenvalue weighted by Gasteiger charge is -2.38. The van der Waals surface area contributed by atoms with Gasteiger partial charge in [0.05, 0.1) is 5.56 Å². The van der Waals surface area contributed by atoms with E-state index in [1.165, 1.54) is 12.0 Å². The van der Waals surface area contributed by atoms with Crippen molar-refractivity contribution in [2.24, 2.45) is 5.73 Å². The summed E-state index contributed by atoms with van der Waals surface area (Å²) in [4.78, 5) is 8.85. The number of fused-ring (bicyclic) bond motifs is 1. The van der Waals surface area contributed by atoms with E-state index in [0.717, 1.165) is 40.8 Å². The highest BCUT2D eigenvalue weighted by Gasteiger charge is 2.34. The van der Waals surface area contributed by atoms with Crippen molar-refractivity contribution in [2.45, 2.75) is 24.8 Å². The molecule has 0 spiro atoms. The first kappa shape index (κ1) is 15.3. The lowest BCUT2D eigenvalue weighted by atomic mass is 9.72. The molecule has 2 aromatic carbocycles. The maximum atomic E-state index is 6.45. The van der Waals surface area contributed by atoms with Gasteiger partial charge in [-0.15, -0.1) is 0 Å². The zero-order chi connectivity index (χ0) is 17.6. The van der Waals surface area contributed by atoms with Crippen LogP contribution in [-0.4, -0.2) is 9.97 Å². The second kappa shape index (κ2) is 5.78. The van der Waals surface area contributed by atoms with Gasteiger partial charge in [0.25, 0.3) is 0 Å². The van der Waals surface area contributed by atoms with Crippen LogP contribution in [0.3, 0.4) is 0 Å². The third-order valence-electron chi connectivity index (χ3n) is 5.36. The van der Waals surface area contributed by atoms with Gasteiger partial charge in [0.2, 0.25) is 5.71 Å². The Morgan fingerprint density at radius 1 is 0.846 bits per heavy atom. The molecule has 1 saturated carbocycles. The molecule has 4 heteroatoms. The number of hydrogen-bond donors (Lipinski definition) is 1. The van der Waals surface area contributed by atoms with Gasteiger partial charge in [-0.3, -0.25) is 0 Å². The van der Waals surface area contributed by atoms with Crippen molar-refractivity contribution >= 4 is 11.2 Å². The number of furan rings is 1. The summed E-state index contributed by atoms with van der Waals surface area (Å²) in [6, 6.07) is 18.6. The maximum Gasteiger partial charge on any atom is 0.246 e. The van der Waals surface area contributed by atoms with Crippen molar-refractivity contribution in [3.8, 4) is 22.5 Å². The Morgan fingerprint density at radius 2 is 1.58 bits per heavy atom. The average Bonchev–Trinajstić information content (AvgIpc) is 3.06. The fourth-order valence-corrected chi connectivity index (χ4v) is 3.70. The van der Waals surface area contributed by atoms with Crippen molar-refractivity contribution in [3.05, 3.63) is 72.6 Å². The SMILES string of the molecule is NC1(c2ccc(-c3oc4nccnc4c3-c3ccccc3)cc2)CCC1. The predicted molar refractivity (Wildman–Crippen MR) is 102 cm³/mol. The summed E-state index contributed by atoms with van der Waals surface area (Å²) in [6.07, 6.45) is 6.67. The Balaban J connectivity index is 1.67. The van der Waals surface area contributed by atoms with Crippen LogP contribution < -0.4 is 5.73 Å². The number of nitrogens with zero attached hydrogens (tertiary/aromatic N) is 2. The largest absolute Gasteiger partial charge is 0.436 e. The summed E-state index contributed by atoms with van der Waals surface area (Å²) in [6.45, 7) is 0. The quantitative estimate of drug-likeness (QED) is 0.576. The van der Waals surface area contributed by atoms with Crippen LogP contribution in [0.15, 0.2) is 71.4 Å². The molecule has 0 bridgehead atoms. The monoisotopic (exact) mass is 341 g/mol. The second-order valence-corrected chi connectivity index (χ2v) is 6.97. The normalized spacial score (nSPS) is 15.7. The Kier molecular flexibility index (Phi) is 3.40. The van der Waals surface area contributed by atoms with Crippen LogP contribution in [0.5, 0.6) is 0 Å². The predicted octanol–water partition coefficient (Wildman–Crippen LogP) is 4.89. The van der Waals surface area contributed by atoms with Crippen molar-refractivity contribution in [2.75, 3.05) is 0 Å². The first-order chi connectivity index (χ1) is 12.7. The molecule has 5 rings (SSSR count). The van der Waals surface area contributed by atoms with Crippen molar-refractivity contribution < 1.29 is 4.42 Å². The molecule has 1 aliphatic carbocycles. The van der Waals surface area contributed by atoms with Crippen LogP contribution in [0.2, 0.25) is 0 Å². The first-order valence-electron chi connectivity index (χ1n) is 8.93. The summed E-state index contributed by atoms with van der Waals surface area (Å²) >= 11 is 0. The van der Waals surface area contributed by atoms with Crippen molar-refractivity contribution in [1.82, 2.24) is 9.97 Å². The molecule has 2 aromatic heterocycles. The second-order valence-electron chi connectivity index (χ2n) is 6.97. The number of benzene rings is 2. The summed E-state index contributed by atoms with van der Waals surface area (Å²) < 4.78 is 6.10. The Hall–Kier alpha value is -2.98. The third kappa shape index (κ3) is 2.34. The highest BCUT2D eigenvalue weighted by molar-refractivity contribution is 5.97. The van der Waals surface area contributed by atoms with Crippen molar-refractivity contribution in [1.29, 1.82) is 0 Å². The van der Waals surface area contributed by atoms with Gasteiger partial charge in [-0.25, -0.2) is 9.97 Å². The highest BCUT2D eigenvalue weighted by Crippen LogP contribution is 2.42. The van der Waals surface area contributed by atoms with Crippen LogP contribution >= 0.6 is 0 Å². The van der Waals surface area contributed by atoms with Crippen LogP contribution in [-0.2, 0) is 5.54 Å². The van der Waals surface area contributed by atoms with Crippen LogP contribution in [0.4, 0.5) is 0 Å². The lowest BCUT2D eigenvalue weighted by molar-refractivity contribution is 0.253. The molecule has 0 unspecified atom stereocenters. The zero-order valence-electron chi connectivity index (χ0n) is 14.4. The van der Waals surface area contributed by atoms with Gasteiger partial charge in [0.1, 0.15) is 11.3 Å². The molecule has 128 valence electrons. The molecule has 0 aliphatic heterocycles. The molecule has 0 saturated heterocycles. The molecule has 1 fully saturated rings. The van der Waals surface area contributed by atoms with E-state index in [1.807, 2.05) is 18.2 Å². The summed E-state index contributed by atoms with van der Waals surface area (Å²) in [7, 11) is 0. The molecule has 0 radical (unpaired) electrons. The van der Waals surface area contributed by atoms with E-state index >= 15 is 0 Å². The number of rotatable bonds is 3. The molecular formula is C22H19N3O. The van der Waals surface area contributed by atoms with E-state index in [9.17, 15) is 0 Å². The molecule has 4 aromatic rings. The van der Waals surface area contributed by atoms with Gasteiger partial charge in [-0.2, -0.15) is 0 Å². The molecule has 26 heavy (non-hydrogen) atoms. The van der Waals surface area contributed by atoms with Gasteiger partial charge in [0, 0.05) is 23.5 Å². The Labute approximate surface area is 151 Å². The van der Waals surface area contributed by atoms with Gasteiger partial charge >= 0.3 is 0 Å². The van der Waals surface area contributed by atoms with E-state index in [4.69, 9.17) is 10.2 Å². The third-order valence-corrected chi connectivity index (χ3v) is 5.36. The molecule has 2 N–H and O–H groups in total. The molecule has 2 heterocycles. The topological polar surface area (TPSA) is 64.9 Å². The summed E-state index contributed by atoms with van der Waals surface area (Å²) in [5.41, 5.74) is 11.9. The minimum absolute atomic E-state index is 0.155. The van der Waals surface area contributed by atoms with Gasteiger partial charge < -0.3 is 10.2 Å². The van der Waals surface area contributed by atoms with Gasteiger partial charge in [0.15, 0.2) is 0 Å². The first-order valence-corrected chi connectivity index (χ1v) is 8.93. The van der Waals surface area contributed by atoms with Crippen LogP contribution in [0, 0.1) is 0 Å². The minimum atomic E-state index is -0.155. The van der Waals surface area contributed by atoms with Crippen LogP contribution in [0.1, 0.15) is 24.8 Å². The van der Waals surface area contributed by atoms with E-state index in [2.05, 4.69) is 46.4 Å². The van der Waals surface area contributed by atoms with Crippen LogP contribution in [0.25, 0.3) is 33.7 Å². The molecule has 1 aliphatic rings. The van der Waals surface area contributed by atoms with E-state index in [1.54, 1.807) is 12.4 Å². The standard InChI is InChI=1S/C22H19N3O/c23-22(11-4-12-22)17-9-7-16(8-10-17)20-18(15-5-2-1-3-6-15)19-21(26-20)25-14-13-24-19/h1-3,5-10,13-14H,4,11-12,23H2. The van der Waals surface area contributed by atoms with Gasteiger partial charge in [-0.05, 0) is 30.4 Å². The molecular weight excluding hydrogens is 322 g/mol. The minimum Gasteiger partial charge on any atom is -0.436 e. The van der Waals surface area contributed by atoms with E-state index in [0.29, 0.717) is 5.71 Å². The lowest BCUT2D eigenvalue weighted by Crippen LogP contribution is -2.43. The zero-order valence-corrected chi connectivity index (χ0v) is 14.4. The maximum absolute atomic E-state index is 6.45. The molecule has 0 amide bonds. The number of hydrogen-bond acceptors (Lipinski definition) is 4.